The van der Waals surface area contributed by atoms with E-state index in [-0.39, 0.29) is 5.97 Å². The van der Waals surface area contributed by atoms with Crippen molar-refractivity contribution in [3.63, 3.8) is 0 Å². The number of unbranched alkanes of at least 4 members (excludes halogenated alkanes) is 7. The van der Waals surface area contributed by atoms with E-state index < -0.39 is 0 Å². The lowest BCUT2D eigenvalue weighted by atomic mass is 10.1. The second kappa shape index (κ2) is 18.7. The van der Waals surface area contributed by atoms with Crippen LogP contribution in [-0.4, -0.2) is 13.1 Å². The van der Waals surface area contributed by atoms with Crippen molar-refractivity contribution in [2.45, 2.75) is 84.0 Å². The fraction of sp³-hybridized carbons (Fsp3) is 0.667. The van der Waals surface area contributed by atoms with Crippen molar-refractivity contribution < 1.29 is 9.53 Å². The maximum Gasteiger partial charge on any atom is 0.305 e. The van der Waals surface area contributed by atoms with Crippen molar-refractivity contribution in [1.29, 1.82) is 0 Å². The van der Waals surface area contributed by atoms with Crippen LogP contribution in [0, 0.1) is 0 Å². The first-order valence-electron chi connectivity index (χ1n) is 9.33. The van der Waals surface area contributed by atoms with Crippen LogP contribution < -0.4 is 0 Å². The number of carbonyl (C=O) groups is 1. The Morgan fingerprint density at radius 3 is 1.87 bits per heavy atom. The van der Waals surface area contributed by atoms with Crippen LogP contribution >= 0.6 is 0 Å². The summed E-state index contributed by atoms with van der Waals surface area (Å²) < 4.78 is 4.63. The van der Waals surface area contributed by atoms with Gasteiger partial charge in [0.05, 0.1) is 7.11 Å². The topological polar surface area (TPSA) is 26.3 Å². The van der Waals surface area contributed by atoms with Gasteiger partial charge in [0.25, 0.3) is 0 Å². The Morgan fingerprint density at radius 2 is 1.26 bits per heavy atom. The Kier molecular flexibility index (Phi) is 17.7. The highest BCUT2D eigenvalue weighted by atomic mass is 16.5. The van der Waals surface area contributed by atoms with Gasteiger partial charge in [-0.15, -0.1) is 0 Å². The summed E-state index contributed by atoms with van der Waals surface area (Å²) in [7, 11) is 1.46. The average molecular weight is 321 g/mol. The minimum atomic E-state index is -0.0796. The van der Waals surface area contributed by atoms with E-state index in [4.69, 9.17) is 0 Å². The molecule has 0 radical (unpaired) electrons. The quantitative estimate of drug-likeness (QED) is 0.195. The largest absolute Gasteiger partial charge is 0.469 e. The molecule has 23 heavy (non-hydrogen) atoms. The van der Waals surface area contributed by atoms with E-state index in [9.17, 15) is 4.79 Å². The second-order valence-corrected chi connectivity index (χ2v) is 5.88. The monoisotopic (exact) mass is 320 g/mol. The zero-order valence-corrected chi connectivity index (χ0v) is 15.3. The third kappa shape index (κ3) is 18.6. The molecular formula is C21H36O2. The Bertz CT molecular complexity index is 340. The minimum absolute atomic E-state index is 0.0796. The lowest BCUT2D eigenvalue weighted by Crippen LogP contribution is -1.99. The zero-order valence-electron chi connectivity index (χ0n) is 15.3. The summed E-state index contributed by atoms with van der Waals surface area (Å²) >= 11 is 0. The van der Waals surface area contributed by atoms with Gasteiger partial charge >= 0.3 is 5.97 Å². The summed E-state index contributed by atoms with van der Waals surface area (Å²) in [6, 6.07) is 0. The summed E-state index contributed by atoms with van der Waals surface area (Å²) in [6.07, 6.45) is 27.1. The molecule has 0 spiro atoms. The Labute approximate surface area is 143 Å². The van der Waals surface area contributed by atoms with Crippen LogP contribution in [0.3, 0.4) is 0 Å². The molecule has 0 heterocycles. The summed E-state index contributed by atoms with van der Waals surface area (Å²) in [5.74, 6) is -0.0796. The highest BCUT2D eigenvalue weighted by molar-refractivity contribution is 5.68. The van der Waals surface area contributed by atoms with Crippen molar-refractivity contribution in [2.24, 2.45) is 0 Å². The molecule has 2 heteroatoms. The predicted octanol–water partition coefficient (Wildman–Crippen LogP) is 6.53. The third-order valence-corrected chi connectivity index (χ3v) is 3.76. The van der Waals surface area contributed by atoms with Crippen LogP contribution in [-0.2, 0) is 9.53 Å². The van der Waals surface area contributed by atoms with Crippen LogP contribution in [0.15, 0.2) is 36.5 Å². The highest BCUT2D eigenvalue weighted by Gasteiger charge is 1.98. The van der Waals surface area contributed by atoms with Gasteiger partial charge in [-0.2, -0.15) is 0 Å². The van der Waals surface area contributed by atoms with E-state index in [1.807, 2.05) is 0 Å². The van der Waals surface area contributed by atoms with Crippen molar-refractivity contribution in [3.8, 4) is 0 Å². The summed E-state index contributed by atoms with van der Waals surface area (Å²) in [5, 5.41) is 0. The molecule has 0 aliphatic rings. The first-order chi connectivity index (χ1) is 11.3. The fourth-order valence-electron chi connectivity index (χ4n) is 2.34. The first kappa shape index (κ1) is 21.7. The van der Waals surface area contributed by atoms with E-state index >= 15 is 0 Å². The zero-order chi connectivity index (χ0) is 17.0. The first-order valence-corrected chi connectivity index (χ1v) is 9.33. The smallest absolute Gasteiger partial charge is 0.305 e. The Morgan fingerprint density at radius 1 is 0.739 bits per heavy atom. The molecule has 0 bridgehead atoms. The van der Waals surface area contributed by atoms with Crippen molar-refractivity contribution in [1.82, 2.24) is 0 Å². The molecule has 0 rings (SSSR count). The number of methoxy groups -OCH3 is 1. The lowest BCUT2D eigenvalue weighted by molar-refractivity contribution is -0.140. The number of allylic oxidation sites excluding steroid dienone is 6. The normalized spacial score (nSPS) is 11.9. The SMILES string of the molecule is CC/C=C/C/C=C/C/C=C/CCCCCCCCCC(=O)OC. The molecule has 0 saturated heterocycles. The second-order valence-electron chi connectivity index (χ2n) is 5.88. The standard InChI is InChI=1S/C21H36O2/c1-3-4-5-6-7-8-9-10-11-12-13-14-15-16-17-18-19-20-21(22)23-2/h4-5,7-8,10-11H,3,6,9,12-20H2,1-2H3/b5-4+,8-7+,11-10+. The number of carbonyl (C=O) groups excluding carboxylic acids is 1. The molecule has 0 N–H and O–H groups in total. The van der Waals surface area contributed by atoms with E-state index in [1.54, 1.807) is 0 Å². The molecule has 0 amide bonds. The van der Waals surface area contributed by atoms with Crippen LogP contribution in [0.4, 0.5) is 0 Å². The molecule has 0 aromatic carbocycles. The molecule has 0 atom stereocenters. The van der Waals surface area contributed by atoms with Crippen LogP contribution in [0.1, 0.15) is 84.0 Å². The number of esters is 1. The van der Waals surface area contributed by atoms with Crippen molar-refractivity contribution in [3.05, 3.63) is 36.5 Å². The molecule has 0 aromatic rings. The van der Waals surface area contributed by atoms with Gasteiger partial charge in [0.1, 0.15) is 0 Å². The highest BCUT2D eigenvalue weighted by Crippen LogP contribution is 2.10. The molecular weight excluding hydrogens is 284 g/mol. The van der Waals surface area contributed by atoms with E-state index in [1.165, 1.54) is 45.6 Å². The maximum absolute atomic E-state index is 10.9. The maximum atomic E-state index is 10.9. The van der Waals surface area contributed by atoms with Crippen LogP contribution in [0.25, 0.3) is 0 Å². The molecule has 132 valence electrons. The molecule has 0 aliphatic carbocycles. The predicted molar refractivity (Wildman–Crippen MR) is 101 cm³/mol. The molecule has 2 nitrogen and oxygen atoms in total. The van der Waals surface area contributed by atoms with Gasteiger partial charge in [-0.1, -0.05) is 75.5 Å². The number of hydrogen-bond donors (Lipinski definition) is 0. The summed E-state index contributed by atoms with van der Waals surface area (Å²) in [5.41, 5.74) is 0. The van der Waals surface area contributed by atoms with Crippen molar-refractivity contribution >= 4 is 5.97 Å². The number of hydrogen-bond acceptors (Lipinski definition) is 2. The molecule has 0 fully saturated rings. The molecule has 0 aromatic heterocycles. The van der Waals surface area contributed by atoms with Gasteiger partial charge in [-0.25, -0.2) is 0 Å². The molecule has 0 unspecified atom stereocenters. The Hall–Kier alpha value is -1.31. The Balaban J connectivity index is 3.22. The van der Waals surface area contributed by atoms with Crippen molar-refractivity contribution in [2.75, 3.05) is 7.11 Å². The summed E-state index contributed by atoms with van der Waals surface area (Å²) in [6.45, 7) is 2.16. The van der Waals surface area contributed by atoms with E-state index in [0.29, 0.717) is 6.42 Å². The van der Waals surface area contributed by atoms with Gasteiger partial charge in [-0.3, -0.25) is 4.79 Å². The third-order valence-electron chi connectivity index (χ3n) is 3.76. The van der Waals surface area contributed by atoms with Gasteiger partial charge in [0.2, 0.25) is 0 Å². The van der Waals surface area contributed by atoms with Gasteiger partial charge in [0, 0.05) is 6.42 Å². The van der Waals surface area contributed by atoms with Crippen LogP contribution in [0.2, 0.25) is 0 Å². The fourth-order valence-corrected chi connectivity index (χ4v) is 2.34. The number of rotatable bonds is 15. The van der Waals surface area contributed by atoms with Crippen LogP contribution in [0.5, 0.6) is 0 Å². The van der Waals surface area contributed by atoms with E-state index in [0.717, 1.165) is 32.1 Å². The molecule has 0 aliphatic heterocycles. The van der Waals surface area contributed by atoms with Gasteiger partial charge in [-0.05, 0) is 38.5 Å². The van der Waals surface area contributed by atoms with E-state index in [2.05, 4.69) is 48.1 Å². The van der Waals surface area contributed by atoms with Gasteiger partial charge < -0.3 is 4.74 Å². The number of ether oxygens (including phenoxy) is 1. The molecule has 0 saturated carbocycles. The van der Waals surface area contributed by atoms with Gasteiger partial charge in [0.15, 0.2) is 0 Å². The summed E-state index contributed by atoms with van der Waals surface area (Å²) in [4.78, 5) is 10.9. The average Bonchev–Trinajstić information content (AvgIpc) is 2.57. The minimum Gasteiger partial charge on any atom is -0.469 e. The lowest BCUT2D eigenvalue weighted by Gasteiger charge is -2.01.